The number of anilines is 1. The number of hydrogen-bond donors (Lipinski definition) is 1. The van der Waals surface area contributed by atoms with E-state index in [-0.39, 0.29) is 17.5 Å². The Morgan fingerprint density at radius 1 is 1.10 bits per heavy atom. The third-order valence-corrected chi connectivity index (χ3v) is 8.05. The topological polar surface area (TPSA) is 67.2 Å². The molecule has 1 aromatic carbocycles. The van der Waals surface area contributed by atoms with Crippen molar-refractivity contribution in [3.8, 4) is 0 Å². The minimum atomic E-state index is -0.0394. The van der Waals surface area contributed by atoms with Gasteiger partial charge in [0.05, 0.1) is 28.0 Å². The van der Waals surface area contributed by atoms with Crippen molar-refractivity contribution in [2.75, 3.05) is 24.2 Å². The number of carbonyl (C=O) groups excluding carboxylic acids is 1. The number of rotatable bonds is 4. The van der Waals surface area contributed by atoms with Gasteiger partial charge >= 0.3 is 0 Å². The largest absolute Gasteiger partial charge is 0.322 e. The van der Waals surface area contributed by atoms with Gasteiger partial charge in [-0.3, -0.25) is 19.1 Å². The highest BCUT2D eigenvalue weighted by Crippen LogP contribution is 2.42. The molecule has 1 amide bonds. The summed E-state index contributed by atoms with van der Waals surface area (Å²) < 4.78 is 3.33. The molecular formula is C21H22N4O2S2. The van der Waals surface area contributed by atoms with E-state index >= 15 is 0 Å². The highest BCUT2D eigenvalue weighted by Gasteiger charge is 2.26. The molecular weight excluding hydrogens is 404 g/mol. The summed E-state index contributed by atoms with van der Waals surface area (Å²) in [7, 11) is 0. The number of piperidine rings is 1. The van der Waals surface area contributed by atoms with Gasteiger partial charge in [-0.25, -0.2) is 4.98 Å². The Kier molecular flexibility index (Phi) is 5.15. The molecule has 2 aliphatic heterocycles. The van der Waals surface area contributed by atoms with E-state index < -0.39 is 0 Å². The number of nitrogens with zero attached hydrogens (tertiary/aromatic N) is 3. The highest BCUT2D eigenvalue weighted by atomic mass is 32.2. The number of nitrogens with one attached hydrogen (secondary N) is 1. The first kappa shape index (κ1) is 18.8. The molecule has 4 heterocycles. The van der Waals surface area contributed by atoms with Crippen LogP contribution in [-0.2, 0) is 11.3 Å². The Morgan fingerprint density at radius 3 is 2.69 bits per heavy atom. The second kappa shape index (κ2) is 7.93. The van der Waals surface area contributed by atoms with Gasteiger partial charge in [-0.05, 0) is 31.5 Å². The minimum Gasteiger partial charge on any atom is -0.322 e. The number of thiophene rings is 1. The molecule has 2 aliphatic rings. The number of thioether (sulfide) groups is 1. The number of benzene rings is 1. The summed E-state index contributed by atoms with van der Waals surface area (Å²) in [6.07, 6.45) is 5.31. The first-order valence-corrected chi connectivity index (χ1v) is 11.7. The second-order valence-electron chi connectivity index (χ2n) is 7.50. The summed E-state index contributed by atoms with van der Waals surface area (Å²) in [6.45, 7) is 2.69. The number of amides is 1. The molecule has 1 N–H and O–H groups in total. The molecule has 29 heavy (non-hydrogen) atoms. The van der Waals surface area contributed by atoms with Crippen molar-refractivity contribution in [3.63, 3.8) is 0 Å². The van der Waals surface area contributed by atoms with Gasteiger partial charge in [0.15, 0.2) is 0 Å². The average Bonchev–Trinajstić information content (AvgIpc) is 3.13. The third kappa shape index (κ3) is 3.60. The van der Waals surface area contributed by atoms with Gasteiger partial charge in [-0.15, -0.1) is 23.1 Å². The van der Waals surface area contributed by atoms with Gasteiger partial charge in [0.25, 0.3) is 5.56 Å². The Bertz CT molecular complexity index is 1100. The highest BCUT2D eigenvalue weighted by molar-refractivity contribution is 8.02. The first-order valence-electron chi connectivity index (χ1n) is 9.94. The monoisotopic (exact) mass is 426 g/mol. The molecule has 5 rings (SSSR count). The van der Waals surface area contributed by atoms with Crippen LogP contribution in [0.15, 0.2) is 45.7 Å². The maximum absolute atomic E-state index is 13.3. The predicted molar refractivity (Wildman–Crippen MR) is 118 cm³/mol. The fraction of sp³-hybridized carbons (Fsp3) is 0.381. The van der Waals surface area contributed by atoms with E-state index in [0.717, 1.165) is 17.3 Å². The molecule has 150 valence electrons. The van der Waals surface area contributed by atoms with E-state index in [9.17, 15) is 9.59 Å². The molecule has 3 aromatic rings. The van der Waals surface area contributed by atoms with Crippen molar-refractivity contribution in [3.05, 3.63) is 52.6 Å². The van der Waals surface area contributed by atoms with Crippen molar-refractivity contribution < 1.29 is 4.79 Å². The van der Waals surface area contributed by atoms with Crippen molar-refractivity contribution in [1.82, 2.24) is 14.5 Å². The zero-order valence-corrected chi connectivity index (χ0v) is 17.6. The van der Waals surface area contributed by atoms with Crippen LogP contribution in [-0.4, -0.2) is 39.2 Å². The summed E-state index contributed by atoms with van der Waals surface area (Å²) in [5.74, 6) is 0.349. The van der Waals surface area contributed by atoms with Gasteiger partial charge in [-0.1, -0.05) is 36.8 Å². The van der Waals surface area contributed by atoms with Crippen LogP contribution in [0.2, 0.25) is 0 Å². The molecule has 8 heteroatoms. The Balaban J connectivity index is 1.52. The number of carbonyl (C=O) groups is 1. The maximum atomic E-state index is 13.3. The number of fused-ring (bicyclic) bond motifs is 3. The summed E-state index contributed by atoms with van der Waals surface area (Å²) in [5.41, 5.74) is 2.52. The van der Waals surface area contributed by atoms with E-state index in [4.69, 9.17) is 0 Å². The summed E-state index contributed by atoms with van der Waals surface area (Å²) in [4.78, 5) is 32.1. The quantitative estimate of drug-likeness (QED) is 0.689. The molecule has 0 saturated carbocycles. The zero-order chi connectivity index (χ0) is 19.8. The smallest absolute Gasteiger partial charge is 0.271 e. The van der Waals surface area contributed by atoms with E-state index in [0.29, 0.717) is 28.2 Å². The van der Waals surface area contributed by atoms with Gasteiger partial charge in [0.1, 0.15) is 10.2 Å². The van der Waals surface area contributed by atoms with E-state index in [1.807, 2.05) is 6.07 Å². The molecule has 0 aliphatic carbocycles. The Morgan fingerprint density at radius 2 is 1.90 bits per heavy atom. The van der Waals surface area contributed by atoms with Crippen LogP contribution >= 0.6 is 23.1 Å². The van der Waals surface area contributed by atoms with Crippen LogP contribution in [0.5, 0.6) is 0 Å². The van der Waals surface area contributed by atoms with E-state index in [1.54, 1.807) is 10.9 Å². The first-order chi connectivity index (χ1) is 14.2. The molecule has 1 fully saturated rings. The van der Waals surface area contributed by atoms with E-state index in [2.05, 4.69) is 39.5 Å². The lowest BCUT2D eigenvalue weighted by Crippen LogP contribution is -2.37. The third-order valence-electron chi connectivity index (χ3n) is 5.62. The fourth-order valence-electron chi connectivity index (χ4n) is 4.15. The molecule has 2 aromatic heterocycles. The van der Waals surface area contributed by atoms with Gasteiger partial charge < -0.3 is 5.32 Å². The molecule has 6 nitrogen and oxygen atoms in total. The van der Waals surface area contributed by atoms with Crippen molar-refractivity contribution in [1.29, 1.82) is 0 Å². The normalized spacial score (nSPS) is 18.4. The van der Waals surface area contributed by atoms with Crippen LogP contribution in [0.1, 0.15) is 30.9 Å². The number of aromatic nitrogens is 2. The maximum Gasteiger partial charge on any atom is 0.271 e. The van der Waals surface area contributed by atoms with Crippen LogP contribution in [0.4, 0.5) is 5.69 Å². The zero-order valence-electron chi connectivity index (χ0n) is 16.0. The number of likely N-dealkylation sites (tertiary alicyclic amines) is 1. The van der Waals surface area contributed by atoms with Gasteiger partial charge in [0.2, 0.25) is 5.91 Å². The summed E-state index contributed by atoms with van der Waals surface area (Å²) in [5, 5.41) is 2.88. The predicted octanol–water partition coefficient (Wildman–Crippen LogP) is 3.73. The van der Waals surface area contributed by atoms with Gasteiger partial charge in [0, 0.05) is 6.54 Å². The Labute approximate surface area is 176 Å². The molecule has 0 unspecified atom stereocenters. The molecule has 0 spiro atoms. The second-order valence-corrected chi connectivity index (χ2v) is 9.77. The lowest BCUT2D eigenvalue weighted by molar-refractivity contribution is -0.113. The molecule has 1 atom stereocenters. The number of hydrogen-bond acceptors (Lipinski definition) is 6. The average molecular weight is 427 g/mol. The molecule has 1 saturated heterocycles. The van der Waals surface area contributed by atoms with Crippen LogP contribution in [0.3, 0.4) is 0 Å². The van der Waals surface area contributed by atoms with E-state index in [1.165, 1.54) is 47.9 Å². The van der Waals surface area contributed by atoms with Gasteiger partial charge in [-0.2, -0.15) is 0 Å². The lowest BCUT2D eigenvalue weighted by Gasteiger charge is -2.35. The lowest BCUT2D eigenvalue weighted by atomic mass is 10.0. The van der Waals surface area contributed by atoms with Crippen LogP contribution < -0.4 is 10.9 Å². The molecule has 0 radical (unpaired) electrons. The summed E-state index contributed by atoms with van der Waals surface area (Å²) >= 11 is 2.92. The minimum absolute atomic E-state index is 0.0258. The standard InChI is InChI=1S/C21H22N4O2S2/c26-16-12-28-21-18(23-16)17-19(29-21)20(27)25(13-22-17)11-15(14-7-3-1-4-8-14)24-9-5-2-6-10-24/h1,3-4,7-8,13,15H,2,5-6,9-12H2,(H,23,26)/t15-/m1/s1. The van der Waals surface area contributed by atoms with Crippen LogP contribution in [0.25, 0.3) is 10.2 Å². The van der Waals surface area contributed by atoms with Crippen LogP contribution in [0, 0.1) is 0 Å². The van der Waals surface area contributed by atoms with Crippen molar-refractivity contribution in [2.24, 2.45) is 0 Å². The summed E-state index contributed by atoms with van der Waals surface area (Å²) in [6, 6.07) is 10.6. The van der Waals surface area contributed by atoms with Crippen molar-refractivity contribution >= 4 is 44.9 Å². The fourth-order valence-corrected chi connectivity index (χ4v) is 6.33. The molecule has 0 bridgehead atoms. The van der Waals surface area contributed by atoms with Crippen molar-refractivity contribution in [2.45, 2.75) is 36.1 Å². The Hall–Kier alpha value is -2.16. The SMILES string of the molecule is O=C1CSc2sc3c(=O)n(C[C@H](c4ccccc4)N4CCCCC4)cnc3c2N1.